The van der Waals surface area contributed by atoms with Gasteiger partial charge in [0.05, 0.1) is 11.0 Å². The lowest BCUT2D eigenvalue weighted by molar-refractivity contribution is 1.07. The summed E-state index contributed by atoms with van der Waals surface area (Å²) in [6.45, 7) is 0. The molecule has 7 nitrogen and oxygen atoms in total. The van der Waals surface area contributed by atoms with Crippen molar-refractivity contribution in [2.24, 2.45) is 0 Å². The zero-order chi connectivity index (χ0) is 41.0. The number of hydrogen-bond acceptors (Lipinski definition) is 7. The van der Waals surface area contributed by atoms with Crippen LogP contribution in [-0.4, -0.2) is 34.5 Å². The summed E-state index contributed by atoms with van der Waals surface area (Å²) in [4.78, 5) is 30.5. The fraction of sp³-hybridized carbons (Fsp3) is 0. The molecule has 12 rings (SSSR count). The lowest BCUT2D eigenvalue weighted by Gasteiger charge is -2.11. The number of hydrogen-bond donors (Lipinski definition) is 0. The zero-order valence-corrected chi connectivity index (χ0v) is 33.9. The molecule has 0 amide bonds. The molecule has 0 bridgehead atoms. The Labute approximate surface area is 360 Å². The second-order valence-electron chi connectivity index (χ2n) is 15.1. The van der Waals surface area contributed by atoms with Crippen molar-refractivity contribution in [3.8, 4) is 74.0 Å². The number of thiophene rings is 1. The van der Waals surface area contributed by atoms with Gasteiger partial charge in [0.25, 0.3) is 0 Å². The summed E-state index contributed by atoms with van der Waals surface area (Å²) >= 11 is 1.74. The molecule has 0 N–H and O–H groups in total. The van der Waals surface area contributed by atoms with Crippen molar-refractivity contribution in [3.63, 3.8) is 0 Å². The van der Waals surface area contributed by atoms with Crippen molar-refractivity contribution in [1.82, 2.24) is 34.5 Å². The van der Waals surface area contributed by atoms with Gasteiger partial charge in [0.2, 0.25) is 0 Å². The number of nitrogens with zero attached hydrogens (tertiary/aromatic N) is 7. The van der Waals surface area contributed by atoms with Crippen molar-refractivity contribution in [2.45, 2.75) is 0 Å². The van der Waals surface area contributed by atoms with Crippen LogP contribution in [0.5, 0.6) is 0 Å². The molecule has 0 saturated carbocycles. The normalized spacial score (nSPS) is 11.5. The Morgan fingerprint density at radius 1 is 0.306 bits per heavy atom. The number of fused-ring (bicyclic) bond motifs is 6. The molecule has 0 atom stereocenters. The van der Waals surface area contributed by atoms with Crippen molar-refractivity contribution >= 4 is 53.3 Å². The maximum absolute atomic E-state index is 5.27. The van der Waals surface area contributed by atoms with Gasteiger partial charge in [0, 0.05) is 70.0 Å². The van der Waals surface area contributed by atoms with Gasteiger partial charge < -0.3 is 4.57 Å². The quantitative estimate of drug-likeness (QED) is 0.159. The number of aromatic nitrogens is 7. The first-order valence-electron chi connectivity index (χ1n) is 20.5. The number of para-hydroxylation sites is 2. The lowest BCUT2D eigenvalue weighted by Crippen LogP contribution is -2.00. The van der Waals surface area contributed by atoms with Crippen LogP contribution in [0.4, 0.5) is 0 Å². The third-order valence-electron chi connectivity index (χ3n) is 11.3. The molecule has 0 unspecified atom stereocenters. The van der Waals surface area contributed by atoms with E-state index in [0.717, 1.165) is 70.3 Å². The van der Waals surface area contributed by atoms with Crippen LogP contribution in [0.2, 0.25) is 0 Å². The van der Waals surface area contributed by atoms with Crippen LogP contribution in [0.25, 0.3) is 116 Å². The second kappa shape index (κ2) is 14.8. The predicted octanol–water partition coefficient (Wildman–Crippen LogP) is 13.5. The highest BCUT2D eigenvalue weighted by Gasteiger charge is 2.20. The molecule has 0 aliphatic heterocycles. The van der Waals surface area contributed by atoms with E-state index in [2.05, 4.69) is 126 Å². The molecule has 290 valence electrons. The minimum Gasteiger partial charge on any atom is -0.309 e. The molecule has 4 heterocycles. The predicted molar refractivity (Wildman–Crippen MR) is 253 cm³/mol. The molecule has 0 spiro atoms. The van der Waals surface area contributed by atoms with E-state index < -0.39 is 0 Å². The molecule has 0 radical (unpaired) electrons. The van der Waals surface area contributed by atoms with Crippen LogP contribution < -0.4 is 0 Å². The van der Waals surface area contributed by atoms with E-state index in [0.29, 0.717) is 34.9 Å². The Bertz CT molecular complexity index is 3570. The molecule has 8 heteroatoms. The smallest absolute Gasteiger partial charge is 0.165 e. The topological polar surface area (TPSA) is 82.3 Å². The summed E-state index contributed by atoms with van der Waals surface area (Å²) < 4.78 is 4.57. The highest BCUT2D eigenvalue weighted by molar-refractivity contribution is 7.26. The molecule has 0 aliphatic rings. The van der Waals surface area contributed by atoms with Crippen LogP contribution in [0.15, 0.2) is 200 Å². The summed E-state index contributed by atoms with van der Waals surface area (Å²) in [6.07, 6.45) is 0. The highest BCUT2D eigenvalue weighted by Crippen LogP contribution is 2.42. The molecular formula is C54H33N7S. The molecule has 0 saturated heterocycles. The van der Waals surface area contributed by atoms with Crippen LogP contribution in [0.1, 0.15) is 0 Å². The average molecular weight is 812 g/mol. The fourth-order valence-electron chi connectivity index (χ4n) is 8.36. The van der Waals surface area contributed by atoms with E-state index in [1.54, 1.807) is 11.3 Å². The SMILES string of the molecule is c1ccc(-c2nc(-c3ccccc3)nc(-c3ccc4sc5c(-c6nc(-c7ccccc7)nc(-c7ccc8c9ccccc9n(-c9ccccc9)c8c7)n6)cccc5c4c3)n2)cc1. The monoisotopic (exact) mass is 811 g/mol. The molecule has 4 aromatic heterocycles. The van der Waals surface area contributed by atoms with Crippen LogP contribution in [0.3, 0.4) is 0 Å². The number of rotatable bonds is 7. The largest absolute Gasteiger partial charge is 0.309 e. The molecule has 0 fully saturated rings. The van der Waals surface area contributed by atoms with Gasteiger partial charge in [-0.25, -0.2) is 29.9 Å². The van der Waals surface area contributed by atoms with Crippen molar-refractivity contribution < 1.29 is 0 Å². The van der Waals surface area contributed by atoms with E-state index in [1.165, 1.54) is 10.8 Å². The van der Waals surface area contributed by atoms with Gasteiger partial charge in [-0.15, -0.1) is 11.3 Å². The van der Waals surface area contributed by atoms with E-state index in [-0.39, 0.29) is 0 Å². The minimum atomic E-state index is 0.610. The second-order valence-corrected chi connectivity index (χ2v) is 16.2. The third kappa shape index (κ3) is 6.20. The Balaban J connectivity index is 1.02. The summed E-state index contributed by atoms with van der Waals surface area (Å²) in [5.41, 5.74) is 8.90. The van der Waals surface area contributed by atoms with Gasteiger partial charge in [0.1, 0.15) is 0 Å². The maximum atomic E-state index is 5.27. The van der Waals surface area contributed by atoms with Gasteiger partial charge >= 0.3 is 0 Å². The van der Waals surface area contributed by atoms with E-state index in [1.807, 2.05) is 78.9 Å². The third-order valence-corrected chi connectivity index (χ3v) is 12.5. The summed E-state index contributed by atoms with van der Waals surface area (Å²) in [7, 11) is 0. The molecular weight excluding hydrogens is 779 g/mol. The lowest BCUT2D eigenvalue weighted by atomic mass is 10.1. The molecule has 0 aliphatic carbocycles. The standard InChI is InChI=1S/C54H33N7S/c1-5-16-34(17-6-1)49-55-50(35-18-7-2-8-19-35)57-52(56-49)37-29-31-47-44(32-37)42-25-15-26-43(48(42)62-47)54-59-51(36-20-9-3-10-21-36)58-53(60-54)38-28-30-41-40-24-13-14-27-45(40)61(46(41)33-38)39-22-11-4-12-23-39/h1-33H. The summed E-state index contributed by atoms with van der Waals surface area (Å²) in [5, 5.41) is 4.60. The first-order chi connectivity index (χ1) is 30.7. The minimum absolute atomic E-state index is 0.610. The Kier molecular flexibility index (Phi) is 8.53. The average Bonchev–Trinajstić information content (AvgIpc) is 3.90. The van der Waals surface area contributed by atoms with Gasteiger partial charge in [-0.05, 0) is 48.5 Å². The summed E-state index contributed by atoms with van der Waals surface area (Å²) in [5.74, 6) is 3.73. The van der Waals surface area contributed by atoms with Crippen molar-refractivity contribution in [3.05, 3.63) is 200 Å². The van der Waals surface area contributed by atoms with E-state index in [4.69, 9.17) is 29.9 Å². The van der Waals surface area contributed by atoms with Crippen LogP contribution in [-0.2, 0) is 0 Å². The van der Waals surface area contributed by atoms with Gasteiger partial charge in [0.15, 0.2) is 34.9 Å². The van der Waals surface area contributed by atoms with Crippen molar-refractivity contribution in [2.75, 3.05) is 0 Å². The van der Waals surface area contributed by atoms with E-state index >= 15 is 0 Å². The summed E-state index contributed by atoms with van der Waals surface area (Å²) in [6, 6.07) is 68.8. The zero-order valence-electron chi connectivity index (χ0n) is 33.1. The Hall–Kier alpha value is -8.20. The van der Waals surface area contributed by atoms with E-state index in [9.17, 15) is 0 Å². The van der Waals surface area contributed by atoms with Crippen molar-refractivity contribution in [1.29, 1.82) is 0 Å². The highest BCUT2D eigenvalue weighted by atomic mass is 32.1. The Morgan fingerprint density at radius 3 is 1.39 bits per heavy atom. The van der Waals surface area contributed by atoms with Gasteiger partial charge in [-0.2, -0.15) is 0 Å². The molecule has 12 aromatic rings. The maximum Gasteiger partial charge on any atom is 0.165 e. The van der Waals surface area contributed by atoms with Crippen LogP contribution >= 0.6 is 11.3 Å². The fourth-order valence-corrected chi connectivity index (χ4v) is 9.55. The first-order valence-corrected chi connectivity index (χ1v) is 21.3. The van der Waals surface area contributed by atoms with Gasteiger partial charge in [-0.1, -0.05) is 152 Å². The first kappa shape index (κ1) is 35.7. The van der Waals surface area contributed by atoms with Gasteiger partial charge in [-0.3, -0.25) is 0 Å². The number of benzene rings is 8. The Morgan fingerprint density at radius 2 is 0.774 bits per heavy atom. The molecule has 8 aromatic carbocycles. The molecule has 62 heavy (non-hydrogen) atoms. The van der Waals surface area contributed by atoms with Crippen LogP contribution in [0, 0.1) is 0 Å².